The van der Waals surface area contributed by atoms with Crippen LogP contribution < -0.4 is 5.32 Å². The molecule has 0 aromatic heterocycles. The molecule has 1 aliphatic rings. The number of nitrogens with zero attached hydrogens (tertiary/aromatic N) is 1. The zero-order valence-electron chi connectivity index (χ0n) is 16.9. The van der Waals surface area contributed by atoms with Crippen LogP contribution in [0.4, 0.5) is 13.2 Å². The Morgan fingerprint density at radius 2 is 1.68 bits per heavy atom. The maximum atomic E-state index is 13.1. The number of hydrogen-bond acceptors (Lipinski definition) is 4. The highest BCUT2D eigenvalue weighted by molar-refractivity contribution is 7.98. The lowest BCUT2D eigenvalue weighted by molar-refractivity contribution is -0.137. The van der Waals surface area contributed by atoms with E-state index in [0.29, 0.717) is 5.75 Å². The van der Waals surface area contributed by atoms with Gasteiger partial charge in [0.1, 0.15) is 6.04 Å². The van der Waals surface area contributed by atoms with Crippen molar-refractivity contribution in [3.8, 4) is 0 Å². The van der Waals surface area contributed by atoms with Gasteiger partial charge in [0.15, 0.2) is 0 Å². The molecule has 0 aliphatic carbocycles. The summed E-state index contributed by atoms with van der Waals surface area (Å²) >= 11 is 1.46. The first-order valence-corrected chi connectivity index (χ1v) is 11.0. The van der Waals surface area contributed by atoms with Crippen LogP contribution in [-0.4, -0.2) is 40.7 Å². The zero-order valence-corrected chi connectivity index (χ0v) is 17.7. The predicted octanol–water partition coefficient (Wildman–Crippen LogP) is 4.30. The molecule has 0 fully saturated rings. The van der Waals surface area contributed by atoms with E-state index in [0.717, 1.165) is 17.0 Å². The third-order valence-corrected chi connectivity index (χ3v) is 5.75. The minimum Gasteiger partial charge on any atom is -0.348 e. The summed E-state index contributed by atoms with van der Waals surface area (Å²) in [6.07, 6.45) is -2.43. The Kier molecular flexibility index (Phi) is 6.74. The third-order valence-electron chi connectivity index (χ3n) is 5.11. The molecule has 5 nitrogen and oxygen atoms in total. The first-order valence-electron chi connectivity index (χ1n) is 9.58. The summed E-state index contributed by atoms with van der Waals surface area (Å²) in [4.78, 5) is 39.6. The van der Waals surface area contributed by atoms with E-state index < -0.39 is 41.5 Å². The van der Waals surface area contributed by atoms with Gasteiger partial charge in [0, 0.05) is 0 Å². The van der Waals surface area contributed by atoms with Crippen molar-refractivity contribution in [2.24, 2.45) is 0 Å². The number of benzene rings is 2. The van der Waals surface area contributed by atoms with Gasteiger partial charge in [0.25, 0.3) is 11.8 Å². The van der Waals surface area contributed by atoms with Crippen LogP contribution >= 0.6 is 11.8 Å². The minimum atomic E-state index is -4.50. The molecular weight excluding hydrogens is 429 g/mol. The van der Waals surface area contributed by atoms with Crippen LogP contribution in [0.3, 0.4) is 0 Å². The van der Waals surface area contributed by atoms with Crippen molar-refractivity contribution in [3.05, 3.63) is 70.8 Å². The topological polar surface area (TPSA) is 66.5 Å². The lowest BCUT2D eigenvalue weighted by atomic mass is 10.0. The van der Waals surface area contributed by atoms with E-state index >= 15 is 0 Å². The Hall–Kier alpha value is -2.81. The van der Waals surface area contributed by atoms with Crippen LogP contribution in [0.25, 0.3) is 0 Å². The number of thioether (sulfide) groups is 1. The molecule has 2 atom stereocenters. The molecule has 164 valence electrons. The van der Waals surface area contributed by atoms with E-state index in [4.69, 9.17) is 0 Å². The molecular formula is C22H21F3N2O3S. The molecule has 2 unspecified atom stereocenters. The molecule has 1 N–H and O–H groups in total. The average molecular weight is 450 g/mol. The lowest BCUT2D eigenvalue weighted by Gasteiger charge is -2.27. The van der Waals surface area contributed by atoms with Gasteiger partial charge in [-0.1, -0.05) is 24.3 Å². The van der Waals surface area contributed by atoms with Crippen LogP contribution in [0.2, 0.25) is 0 Å². The van der Waals surface area contributed by atoms with Crippen molar-refractivity contribution < 1.29 is 27.6 Å². The molecule has 0 bridgehead atoms. The molecule has 1 aliphatic heterocycles. The number of carbonyl (C=O) groups is 3. The van der Waals surface area contributed by atoms with Gasteiger partial charge in [-0.25, -0.2) is 0 Å². The molecule has 0 saturated heterocycles. The van der Waals surface area contributed by atoms with E-state index in [2.05, 4.69) is 5.32 Å². The van der Waals surface area contributed by atoms with E-state index in [1.54, 1.807) is 19.1 Å². The Labute approximate surface area is 182 Å². The Balaban J connectivity index is 1.83. The molecule has 2 aromatic carbocycles. The fraction of sp³-hybridized carbons (Fsp3) is 0.318. The molecule has 0 saturated carbocycles. The number of halogens is 3. The maximum Gasteiger partial charge on any atom is 0.416 e. The number of carbonyl (C=O) groups excluding carboxylic acids is 3. The quantitative estimate of drug-likeness (QED) is 0.639. The van der Waals surface area contributed by atoms with Crippen molar-refractivity contribution >= 4 is 29.5 Å². The number of amides is 3. The van der Waals surface area contributed by atoms with Crippen LogP contribution in [0.1, 0.15) is 51.2 Å². The van der Waals surface area contributed by atoms with Crippen molar-refractivity contribution in [2.45, 2.75) is 31.6 Å². The number of rotatable bonds is 7. The Morgan fingerprint density at radius 1 is 1.06 bits per heavy atom. The minimum absolute atomic E-state index is 0.230. The van der Waals surface area contributed by atoms with Crippen LogP contribution in [0.15, 0.2) is 48.5 Å². The molecule has 0 radical (unpaired) electrons. The lowest BCUT2D eigenvalue weighted by Crippen LogP contribution is -2.50. The summed E-state index contributed by atoms with van der Waals surface area (Å²) in [6, 6.07) is 9.22. The van der Waals surface area contributed by atoms with Gasteiger partial charge < -0.3 is 5.32 Å². The molecule has 31 heavy (non-hydrogen) atoms. The summed E-state index contributed by atoms with van der Waals surface area (Å²) in [5, 5.41) is 2.67. The summed E-state index contributed by atoms with van der Waals surface area (Å²) < 4.78 is 39.0. The largest absolute Gasteiger partial charge is 0.416 e. The SMILES string of the molecule is CSCCC(C(=O)NC(C)c1cccc(C(F)(F)F)c1)N1C(=O)c2ccccc2C1=O. The fourth-order valence-corrected chi connectivity index (χ4v) is 3.93. The normalized spacial score (nSPS) is 15.6. The highest BCUT2D eigenvalue weighted by Gasteiger charge is 2.42. The van der Waals surface area contributed by atoms with Gasteiger partial charge >= 0.3 is 6.18 Å². The number of nitrogens with one attached hydrogen (secondary N) is 1. The van der Waals surface area contributed by atoms with Gasteiger partial charge in [-0.3, -0.25) is 19.3 Å². The standard InChI is InChI=1S/C22H21F3N2O3S/c1-13(14-6-5-7-15(12-14)22(23,24)25)26-19(28)18(10-11-31-2)27-20(29)16-8-3-4-9-17(16)21(27)30/h3-9,12-13,18H,10-11H2,1-2H3,(H,26,28). The predicted molar refractivity (Wildman–Crippen MR) is 112 cm³/mol. The first kappa shape index (κ1) is 22.9. The first-order chi connectivity index (χ1) is 14.6. The fourth-order valence-electron chi connectivity index (χ4n) is 3.48. The van der Waals surface area contributed by atoms with Gasteiger partial charge in [-0.2, -0.15) is 24.9 Å². The molecule has 2 aromatic rings. The molecule has 3 rings (SSSR count). The highest BCUT2D eigenvalue weighted by Crippen LogP contribution is 2.31. The summed E-state index contributed by atoms with van der Waals surface area (Å²) in [7, 11) is 0. The molecule has 3 amide bonds. The van der Waals surface area contributed by atoms with Crippen LogP contribution in [0.5, 0.6) is 0 Å². The average Bonchev–Trinajstić information content (AvgIpc) is 2.99. The van der Waals surface area contributed by atoms with E-state index in [1.165, 1.54) is 36.0 Å². The summed E-state index contributed by atoms with van der Waals surface area (Å²) in [6.45, 7) is 1.56. The second kappa shape index (κ2) is 9.13. The summed E-state index contributed by atoms with van der Waals surface area (Å²) in [5.74, 6) is -1.17. The van der Waals surface area contributed by atoms with Gasteiger partial charge in [-0.15, -0.1) is 0 Å². The molecule has 1 heterocycles. The van der Waals surface area contributed by atoms with Crippen LogP contribution in [-0.2, 0) is 11.0 Å². The van der Waals surface area contributed by atoms with Gasteiger partial charge in [0.05, 0.1) is 22.7 Å². The molecule has 0 spiro atoms. The Morgan fingerprint density at radius 3 is 2.23 bits per heavy atom. The number of fused-ring (bicyclic) bond motifs is 1. The van der Waals surface area contributed by atoms with Gasteiger partial charge in [0.2, 0.25) is 5.91 Å². The highest BCUT2D eigenvalue weighted by atomic mass is 32.2. The van der Waals surface area contributed by atoms with Crippen molar-refractivity contribution in [1.82, 2.24) is 10.2 Å². The van der Waals surface area contributed by atoms with Crippen LogP contribution in [0, 0.1) is 0 Å². The van der Waals surface area contributed by atoms with E-state index in [1.807, 2.05) is 6.26 Å². The summed E-state index contributed by atoms with van der Waals surface area (Å²) in [5.41, 5.74) is -0.0692. The number of alkyl halides is 3. The van der Waals surface area contributed by atoms with Gasteiger partial charge in [-0.05, 0) is 55.2 Å². The van der Waals surface area contributed by atoms with Crippen molar-refractivity contribution in [2.75, 3.05) is 12.0 Å². The van der Waals surface area contributed by atoms with Crippen molar-refractivity contribution in [3.63, 3.8) is 0 Å². The molecule has 9 heteroatoms. The van der Waals surface area contributed by atoms with E-state index in [-0.39, 0.29) is 23.1 Å². The van der Waals surface area contributed by atoms with Crippen molar-refractivity contribution in [1.29, 1.82) is 0 Å². The van der Waals surface area contributed by atoms with E-state index in [9.17, 15) is 27.6 Å². The smallest absolute Gasteiger partial charge is 0.348 e. The zero-order chi connectivity index (χ0) is 22.8. The Bertz CT molecular complexity index is 974. The number of imide groups is 1. The second-order valence-electron chi connectivity index (χ2n) is 7.18. The maximum absolute atomic E-state index is 13.1. The third kappa shape index (κ3) is 4.76. The number of hydrogen-bond donors (Lipinski definition) is 1. The monoisotopic (exact) mass is 450 g/mol. The second-order valence-corrected chi connectivity index (χ2v) is 8.16.